The number of rotatable bonds is 8. The Hall–Kier alpha value is -3.53. The highest BCUT2D eigenvalue weighted by atomic mass is 79.9. The quantitative estimate of drug-likeness (QED) is 0.206. The van der Waals surface area contributed by atoms with Crippen molar-refractivity contribution in [2.45, 2.75) is 25.8 Å². The maximum Gasteiger partial charge on any atom is 0.272 e. The molecule has 1 atom stereocenters. The zero-order valence-electron chi connectivity index (χ0n) is 20.2. The van der Waals surface area contributed by atoms with Gasteiger partial charge in [-0.05, 0) is 58.8 Å². The van der Waals surface area contributed by atoms with Gasteiger partial charge in [0, 0.05) is 27.0 Å². The molecule has 0 aliphatic heterocycles. The Labute approximate surface area is 237 Å². The topological polar surface area (TPSA) is 101 Å². The summed E-state index contributed by atoms with van der Waals surface area (Å²) in [6.45, 7) is 2.02. The van der Waals surface area contributed by atoms with Crippen LogP contribution in [0.2, 0.25) is 10.0 Å². The third-order valence-corrected chi connectivity index (χ3v) is 7.22. The number of H-pyrrole nitrogens is 1. The standard InChI is InChI=1S/C27H22BrCl2N7O/c1-2-22(16-7-11-18(28)12-8-16)31-27(38)25-20(15-24-32-35-36-33-24)26(17-9-13-19(29)14-10-17)37(34-25)23-6-4-3-5-21(23)30/h3-14,22H,2,15H2,1H3,(H,31,38)(H,32,33,35,36). The molecule has 11 heteroatoms. The number of halogens is 3. The summed E-state index contributed by atoms with van der Waals surface area (Å²) in [6, 6.07) is 22.4. The Bertz CT molecular complexity index is 1550. The molecule has 2 N–H and O–H groups in total. The molecule has 192 valence electrons. The first-order chi connectivity index (χ1) is 18.4. The van der Waals surface area contributed by atoms with Crippen LogP contribution in [0, 0.1) is 0 Å². The highest BCUT2D eigenvalue weighted by Gasteiger charge is 2.28. The van der Waals surface area contributed by atoms with Gasteiger partial charge in [0.05, 0.1) is 22.4 Å². The van der Waals surface area contributed by atoms with Crippen LogP contribution in [0.25, 0.3) is 16.9 Å². The second-order valence-corrected chi connectivity index (χ2v) is 10.3. The maximum atomic E-state index is 13.9. The number of nitrogens with one attached hydrogen (secondary N) is 2. The SMILES string of the molecule is CCC(NC(=O)c1nn(-c2ccccc2Cl)c(-c2ccc(Cl)cc2)c1Cc1nnn[nH]1)c1ccc(Br)cc1. The number of tetrazole rings is 1. The van der Waals surface area contributed by atoms with E-state index >= 15 is 0 Å². The van der Waals surface area contributed by atoms with Crippen LogP contribution in [0.4, 0.5) is 0 Å². The fourth-order valence-corrected chi connectivity index (χ4v) is 4.87. The van der Waals surface area contributed by atoms with E-state index in [1.807, 2.05) is 61.5 Å². The summed E-state index contributed by atoms with van der Waals surface area (Å²) >= 11 is 16.3. The third kappa shape index (κ3) is 5.50. The number of amides is 1. The molecule has 0 saturated carbocycles. The molecule has 0 fully saturated rings. The summed E-state index contributed by atoms with van der Waals surface area (Å²) in [7, 11) is 0. The molecule has 0 bridgehead atoms. The molecule has 1 unspecified atom stereocenters. The van der Waals surface area contributed by atoms with Gasteiger partial charge in [-0.15, -0.1) is 5.10 Å². The summed E-state index contributed by atoms with van der Waals surface area (Å²) in [5, 5.41) is 23.3. The van der Waals surface area contributed by atoms with E-state index in [0.29, 0.717) is 39.2 Å². The van der Waals surface area contributed by atoms with Gasteiger partial charge in [-0.3, -0.25) is 4.79 Å². The average Bonchev–Trinajstić information content (AvgIpc) is 3.57. The van der Waals surface area contributed by atoms with Gasteiger partial charge < -0.3 is 5.32 Å². The largest absolute Gasteiger partial charge is 0.344 e. The lowest BCUT2D eigenvalue weighted by Gasteiger charge is -2.17. The van der Waals surface area contributed by atoms with E-state index in [1.165, 1.54) is 0 Å². The lowest BCUT2D eigenvalue weighted by atomic mass is 10.0. The van der Waals surface area contributed by atoms with Gasteiger partial charge in [-0.25, -0.2) is 9.78 Å². The van der Waals surface area contributed by atoms with Gasteiger partial charge in [0.2, 0.25) is 0 Å². The normalized spacial score (nSPS) is 11.9. The molecule has 1 amide bonds. The van der Waals surface area contributed by atoms with Crippen molar-refractivity contribution in [2.24, 2.45) is 0 Å². The Morgan fingerprint density at radius 1 is 1.05 bits per heavy atom. The molecule has 0 spiro atoms. The minimum absolute atomic E-state index is 0.208. The molecule has 8 nitrogen and oxygen atoms in total. The molecule has 5 aromatic rings. The van der Waals surface area contributed by atoms with Crippen molar-refractivity contribution in [2.75, 3.05) is 0 Å². The van der Waals surface area contributed by atoms with Crippen molar-refractivity contribution in [1.29, 1.82) is 0 Å². The van der Waals surface area contributed by atoms with E-state index in [4.69, 9.17) is 28.3 Å². The minimum atomic E-state index is -0.316. The van der Waals surface area contributed by atoms with E-state index in [0.717, 1.165) is 15.6 Å². The van der Waals surface area contributed by atoms with Crippen LogP contribution in [-0.4, -0.2) is 36.3 Å². The van der Waals surface area contributed by atoms with Gasteiger partial charge in [0.15, 0.2) is 11.5 Å². The van der Waals surface area contributed by atoms with Crippen LogP contribution in [0.5, 0.6) is 0 Å². The number of para-hydroxylation sites is 1. The number of carbonyl (C=O) groups is 1. The molecule has 0 saturated heterocycles. The maximum absolute atomic E-state index is 13.9. The van der Waals surface area contributed by atoms with Crippen LogP contribution in [-0.2, 0) is 6.42 Å². The van der Waals surface area contributed by atoms with Gasteiger partial charge >= 0.3 is 0 Å². The number of nitrogens with zero attached hydrogens (tertiary/aromatic N) is 5. The van der Waals surface area contributed by atoms with Crippen LogP contribution in [0.15, 0.2) is 77.3 Å². The molecule has 0 radical (unpaired) electrons. The van der Waals surface area contributed by atoms with Gasteiger partial charge in [-0.2, -0.15) is 5.10 Å². The first-order valence-corrected chi connectivity index (χ1v) is 13.4. The molecule has 0 aliphatic rings. The highest BCUT2D eigenvalue weighted by Crippen LogP contribution is 2.34. The number of carbonyl (C=O) groups excluding carboxylic acids is 1. The first-order valence-electron chi connectivity index (χ1n) is 11.9. The minimum Gasteiger partial charge on any atom is -0.344 e. The number of hydrogen-bond donors (Lipinski definition) is 2. The van der Waals surface area contributed by atoms with E-state index < -0.39 is 0 Å². The van der Waals surface area contributed by atoms with E-state index in [2.05, 4.69) is 41.9 Å². The Kier molecular flexibility index (Phi) is 7.87. The van der Waals surface area contributed by atoms with Crippen LogP contribution < -0.4 is 5.32 Å². The number of benzene rings is 3. The van der Waals surface area contributed by atoms with Gasteiger partial charge in [0.25, 0.3) is 5.91 Å². The van der Waals surface area contributed by atoms with Crippen molar-refractivity contribution < 1.29 is 4.79 Å². The Morgan fingerprint density at radius 2 is 1.79 bits per heavy atom. The lowest BCUT2D eigenvalue weighted by molar-refractivity contribution is 0.0929. The van der Waals surface area contributed by atoms with Crippen LogP contribution in [0.3, 0.4) is 0 Å². The molecule has 0 aliphatic carbocycles. The second kappa shape index (κ2) is 11.5. The molecule has 3 aromatic carbocycles. The fraction of sp³-hybridized carbons (Fsp3) is 0.148. The molecule has 2 aromatic heterocycles. The average molecular weight is 611 g/mol. The Balaban J connectivity index is 1.67. The van der Waals surface area contributed by atoms with Gasteiger partial charge in [0.1, 0.15) is 0 Å². The summed E-state index contributed by atoms with van der Waals surface area (Å²) in [5.41, 5.74) is 4.02. The van der Waals surface area contributed by atoms with Gasteiger partial charge in [-0.1, -0.05) is 82.5 Å². The molecular weight excluding hydrogens is 589 g/mol. The van der Waals surface area contributed by atoms with Crippen LogP contribution in [0.1, 0.15) is 46.8 Å². The fourth-order valence-electron chi connectivity index (χ4n) is 4.27. The first kappa shape index (κ1) is 26.1. The van der Waals surface area contributed by atoms with Crippen molar-refractivity contribution in [1.82, 2.24) is 35.7 Å². The van der Waals surface area contributed by atoms with Crippen molar-refractivity contribution in [3.63, 3.8) is 0 Å². The molecule has 38 heavy (non-hydrogen) atoms. The van der Waals surface area contributed by atoms with Crippen LogP contribution >= 0.6 is 39.1 Å². The summed E-state index contributed by atoms with van der Waals surface area (Å²) in [6.07, 6.45) is 0.942. The predicted molar refractivity (Wildman–Crippen MR) is 151 cm³/mol. The number of hydrogen-bond acceptors (Lipinski definition) is 5. The van der Waals surface area contributed by atoms with Crippen molar-refractivity contribution in [3.05, 3.63) is 110 Å². The number of aromatic nitrogens is 6. The monoisotopic (exact) mass is 609 g/mol. The van der Waals surface area contributed by atoms with E-state index in [1.54, 1.807) is 22.9 Å². The highest BCUT2D eigenvalue weighted by molar-refractivity contribution is 9.10. The summed E-state index contributed by atoms with van der Waals surface area (Å²) in [4.78, 5) is 13.9. The molecule has 2 heterocycles. The Morgan fingerprint density at radius 3 is 2.45 bits per heavy atom. The lowest BCUT2D eigenvalue weighted by Crippen LogP contribution is -2.29. The summed E-state index contributed by atoms with van der Waals surface area (Å²) < 4.78 is 2.66. The summed E-state index contributed by atoms with van der Waals surface area (Å²) in [5.74, 6) is 0.177. The van der Waals surface area contributed by atoms with Crippen molar-refractivity contribution in [3.8, 4) is 16.9 Å². The predicted octanol–water partition coefficient (Wildman–Crippen LogP) is 6.59. The molecular formula is C27H22BrCl2N7O. The second-order valence-electron chi connectivity index (χ2n) is 8.56. The number of aromatic amines is 1. The third-order valence-electron chi connectivity index (χ3n) is 6.12. The van der Waals surface area contributed by atoms with E-state index in [-0.39, 0.29) is 24.1 Å². The smallest absolute Gasteiger partial charge is 0.272 e. The molecule has 5 rings (SSSR count). The zero-order valence-corrected chi connectivity index (χ0v) is 23.3. The zero-order chi connectivity index (χ0) is 26.6. The van der Waals surface area contributed by atoms with Crippen molar-refractivity contribution >= 4 is 45.0 Å². The van der Waals surface area contributed by atoms with E-state index in [9.17, 15) is 4.79 Å².